The summed E-state index contributed by atoms with van der Waals surface area (Å²) in [6.45, 7) is 41.3. The summed E-state index contributed by atoms with van der Waals surface area (Å²) in [6.07, 6.45) is 118. The Bertz CT molecular complexity index is 2700. The van der Waals surface area contributed by atoms with Crippen molar-refractivity contribution in [1.29, 1.82) is 0 Å². The Morgan fingerprint density at radius 3 is 0.661 bits per heavy atom. The van der Waals surface area contributed by atoms with Gasteiger partial charge < -0.3 is 19.3 Å². The molecule has 0 heterocycles. The van der Waals surface area contributed by atoms with E-state index in [1.807, 2.05) is 20.3 Å². The Morgan fingerprint density at radius 1 is 0.264 bits per heavy atom. The van der Waals surface area contributed by atoms with E-state index < -0.39 is 19.1 Å². The first-order valence-electron chi connectivity index (χ1n) is 52.7. The maximum absolute atomic E-state index is 8.35. The molecule has 18 aliphatic carbocycles. The summed E-state index contributed by atoms with van der Waals surface area (Å²) < 4.78 is 43.1. The molecule has 0 bridgehead atoms. The zero-order valence-corrected chi connectivity index (χ0v) is 100. The molecule has 20 unspecified atom stereocenters. The van der Waals surface area contributed by atoms with E-state index in [0.29, 0.717) is 45.8 Å². The fraction of sp³-hybridized carbons (Fsp3) is 0.765. The van der Waals surface area contributed by atoms with Crippen LogP contribution in [0.25, 0.3) is 0 Å². The normalized spacial score (nSPS) is 33.0. The molecule has 0 spiro atoms. The van der Waals surface area contributed by atoms with Crippen molar-refractivity contribution in [2.24, 2.45) is 146 Å². The number of rotatable bonds is 8. The second-order valence-electron chi connectivity index (χ2n) is 43.1. The zero-order chi connectivity index (χ0) is 89.1. The predicted molar refractivity (Wildman–Crippen MR) is 519 cm³/mol. The van der Waals surface area contributed by atoms with Crippen molar-refractivity contribution in [2.45, 2.75) is 414 Å². The Labute approximate surface area is 918 Å². The van der Waals surface area contributed by atoms with Gasteiger partial charge in [-0.1, -0.05) is 495 Å². The number of fused-ring (bicyclic) bond motifs is 6. The molecule has 12 saturated carbocycles. The average molecular weight is 2120 g/mol. The van der Waals surface area contributed by atoms with Crippen molar-refractivity contribution in [2.75, 3.05) is 0 Å². The zero-order valence-electron chi connectivity index (χ0n) is 89.0. The smallest absolute Gasteiger partial charge is 0.0267 e. The van der Waals surface area contributed by atoms with Gasteiger partial charge in [-0.15, -0.1) is 0 Å². The molecule has 0 aromatic heterocycles. The number of allylic oxidation sites excluding steroid dienone is 24. The summed E-state index contributed by atoms with van der Waals surface area (Å²) in [6, 6.07) is 0. The summed E-state index contributed by atoms with van der Waals surface area (Å²) in [5.41, 5.74) is 1.37. The van der Waals surface area contributed by atoms with Crippen LogP contribution in [0, 0.1) is 166 Å². The van der Waals surface area contributed by atoms with E-state index in [1.165, 1.54) is 278 Å². The van der Waals surface area contributed by atoms with Crippen molar-refractivity contribution in [3.63, 3.8) is 0 Å². The number of hydrogen-bond donors (Lipinski definition) is 0. The minimum Gasteiger partial charge on any atom is -0.335 e. The van der Waals surface area contributed by atoms with Gasteiger partial charge in [-0.25, -0.2) is 0 Å². The molecule has 0 aliphatic heterocycles. The van der Waals surface area contributed by atoms with Crippen LogP contribution in [0.15, 0.2) is 146 Å². The maximum atomic E-state index is 8.35. The van der Waals surface area contributed by atoms with Crippen molar-refractivity contribution < 1.29 is 204 Å². The van der Waals surface area contributed by atoms with E-state index in [0.717, 1.165) is 101 Å². The second-order valence-corrected chi connectivity index (χ2v) is 43.1. The molecular formula is C115H195Y6-3. The SMILES string of the molecule is C1=CC2CCC([CH-]C3CCC4C=CC=CC43)C2C=C1.C1=CC2CCC([CH-]C3CCC4C=CC=CC43)C2C=C1.C1CCCC1.C1CCCC1.C1CCCC1.C1CCCC1.CC(C)(C)C.CC(C)(C)C.CC1CCCC1.CC1CCCC1.C[CH-]C.[3H]C([3H])(C)C.[3H]C([3H])(C)C.[3H]C([3H])(C)C1CC(CCC2CC(C(C)(C)C)C3C=CC=CC23)C2C=CC=CC21.[Y].[Y].[Y].[Y].[Y].[Y]. The van der Waals surface area contributed by atoms with Gasteiger partial charge in [-0.05, 0) is 174 Å². The van der Waals surface area contributed by atoms with Crippen LogP contribution < -0.4 is 0 Å². The first-order valence-corrected chi connectivity index (χ1v) is 49.7. The molecule has 6 heteroatoms. The Hall–Kier alpha value is 3.50. The van der Waals surface area contributed by atoms with Crippen LogP contribution in [0.5, 0.6) is 0 Å². The van der Waals surface area contributed by atoms with Gasteiger partial charge >= 0.3 is 0 Å². The Kier molecular flexibility index (Phi) is 71.0. The van der Waals surface area contributed by atoms with E-state index in [-0.39, 0.29) is 202 Å². The van der Waals surface area contributed by atoms with Crippen LogP contribution in [0.2, 0.25) is 0 Å². The second kappa shape index (κ2) is 74.7. The number of hydrogen-bond acceptors (Lipinski definition) is 0. The monoisotopic (exact) mass is 2120 g/mol. The third-order valence-corrected chi connectivity index (χ3v) is 27.7. The van der Waals surface area contributed by atoms with Gasteiger partial charge in [0.05, 0.1) is 0 Å². The molecule has 18 aliphatic rings. The molecule has 6 radical (unpaired) electrons. The average Bonchev–Trinajstić information content (AvgIpc) is 1.56. The van der Waals surface area contributed by atoms with Crippen molar-refractivity contribution in [1.82, 2.24) is 0 Å². The van der Waals surface area contributed by atoms with Gasteiger partial charge in [-0.2, -0.15) is 37.5 Å². The largest absolute Gasteiger partial charge is 0.335 e. The van der Waals surface area contributed by atoms with Crippen LogP contribution in [0.1, 0.15) is 423 Å². The van der Waals surface area contributed by atoms with Crippen molar-refractivity contribution >= 4 is 0 Å². The van der Waals surface area contributed by atoms with Crippen LogP contribution in [0.3, 0.4) is 0 Å². The fourth-order valence-corrected chi connectivity index (χ4v) is 21.9. The Morgan fingerprint density at radius 2 is 0.455 bits per heavy atom. The summed E-state index contributed by atoms with van der Waals surface area (Å²) in [5.74, 6) is 16.6. The molecule has 0 aromatic rings. The first-order chi connectivity index (χ1) is 57.2. The van der Waals surface area contributed by atoms with E-state index in [4.69, 9.17) is 8.22 Å². The molecule has 0 N–H and O–H groups in total. The van der Waals surface area contributed by atoms with Crippen LogP contribution in [-0.2, 0) is 196 Å². The molecule has 0 amide bonds. The third-order valence-electron chi connectivity index (χ3n) is 27.7. The minimum absolute atomic E-state index is 0. The van der Waals surface area contributed by atoms with Crippen LogP contribution >= 0.6 is 0 Å². The minimum atomic E-state index is -1.08. The van der Waals surface area contributed by atoms with E-state index in [2.05, 4.69) is 249 Å². The van der Waals surface area contributed by atoms with E-state index >= 15 is 0 Å². The van der Waals surface area contributed by atoms with Crippen LogP contribution in [0.4, 0.5) is 0 Å². The quantitative estimate of drug-likeness (QED) is 0.213. The van der Waals surface area contributed by atoms with Crippen molar-refractivity contribution in [3.05, 3.63) is 165 Å². The van der Waals surface area contributed by atoms with Gasteiger partial charge in [-0.3, -0.25) is 0 Å². The van der Waals surface area contributed by atoms with E-state index in [9.17, 15) is 0 Å². The summed E-state index contributed by atoms with van der Waals surface area (Å²) in [5, 5.41) is 0. The molecule has 676 valence electrons. The van der Waals surface area contributed by atoms with Gasteiger partial charge in [0.25, 0.3) is 0 Å². The predicted octanol–water partition coefficient (Wildman–Crippen LogP) is 37.0. The molecule has 20 atom stereocenters. The summed E-state index contributed by atoms with van der Waals surface area (Å²) >= 11 is 0. The van der Waals surface area contributed by atoms with E-state index in [1.54, 1.807) is 6.92 Å². The van der Waals surface area contributed by atoms with Gasteiger partial charge in [0.1, 0.15) is 0 Å². The molecule has 12 fully saturated rings. The van der Waals surface area contributed by atoms with Crippen LogP contribution in [-0.4, -0.2) is 0 Å². The maximum Gasteiger partial charge on any atom is 0.0267 e. The molecule has 18 rings (SSSR count). The first kappa shape index (κ1) is 115. The molecule has 0 saturated heterocycles. The Balaban J connectivity index is 0. The molecule has 121 heavy (non-hydrogen) atoms. The van der Waals surface area contributed by atoms with Gasteiger partial charge in [0.15, 0.2) is 0 Å². The molecular weight excluding hydrogens is 1910 g/mol. The molecule has 0 nitrogen and oxygen atoms in total. The summed E-state index contributed by atoms with van der Waals surface area (Å²) in [4.78, 5) is 0. The van der Waals surface area contributed by atoms with Crippen molar-refractivity contribution in [3.8, 4) is 0 Å². The summed E-state index contributed by atoms with van der Waals surface area (Å²) in [7, 11) is 0. The third kappa shape index (κ3) is 53.6. The fourth-order valence-electron chi connectivity index (χ4n) is 21.9. The topological polar surface area (TPSA) is 0 Å². The van der Waals surface area contributed by atoms with Gasteiger partial charge in [0, 0.05) is 204 Å². The van der Waals surface area contributed by atoms with Gasteiger partial charge in [0.2, 0.25) is 0 Å². The standard InChI is InChI=1S/C26H38.2C19H23.2C6H12.4C5H10.2C5H12.2C3H8.C3H7.6Y/c1-5-18-16-19(22-11-7-6-10-21(18)22)14-15-20-17-25(26(2,3)4)24-13-9-8-12-23(20)24;2*1-3-7-18-14(5-1)9-11-16(18)13-17-12-10-15-6-2-4-8-19(15)17;2*1-6-4-2-3-5-6;4*1-2-4-5-3-1;2*1-5(2,3)4;3*1-3-2;;;;;;/h6-13,18-25H,5,14-17H2,1-4H3;2*1-8,13-19H,9-12H2;2*6H,2-5H2,1H3;4*1-5H2;2*1-4H3;2*3H2,1-2H3;3H,1-2H3;;;;;;/q;2*-1;;;;;;;;;;;-1;;;;;;/i5T2;;;;;;;;;;;2*3T2;;;;;;;. The molecule has 0 aromatic carbocycles.